The molecule has 0 saturated carbocycles. The van der Waals surface area contributed by atoms with Crippen LogP contribution in [0.2, 0.25) is 0 Å². The van der Waals surface area contributed by atoms with Crippen molar-refractivity contribution in [3.63, 3.8) is 0 Å². The maximum absolute atomic E-state index is 11.0. The van der Waals surface area contributed by atoms with Crippen molar-refractivity contribution in [2.24, 2.45) is 0 Å². The van der Waals surface area contributed by atoms with E-state index in [0.717, 1.165) is 73.5 Å². The van der Waals surface area contributed by atoms with Crippen molar-refractivity contribution in [3.8, 4) is 56.7 Å². The zero-order valence-electron chi connectivity index (χ0n) is 30.7. The third-order valence-electron chi connectivity index (χ3n) is 10.5. The molecule has 9 rings (SSSR count). The summed E-state index contributed by atoms with van der Waals surface area (Å²) >= 11 is 0. The summed E-state index contributed by atoms with van der Waals surface area (Å²) in [6.07, 6.45) is 6.26. The lowest BCUT2D eigenvalue weighted by molar-refractivity contribution is 0.484. The van der Waals surface area contributed by atoms with Gasteiger partial charge in [-0.15, -0.1) is 5.46 Å². The SMILES string of the molecule is [B]c1c([B])c(O)c([B])c(-c2nc(-c3ccc(-c4ccccc4)cc3)nc(-n3c4c(c5cc(-c6ccccc6)c(N(C)c6ccccc6)cc53)=CCCC=4)n2)c1[B]. The number of phenols is 1. The van der Waals surface area contributed by atoms with E-state index in [9.17, 15) is 5.11 Å². The highest BCUT2D eigenvalue weighted by atomic mass is 16.3. The molecule has 0 unspecified atom stereocenters. The molecule has 0 fully saturated rings. The van der Waals surface area contributed by atoms with Gasteiger partial charge in [-0.25, -0.2) is 4.98 Å². The predicted octanol–water partition coefficient (Wildman–Crippen LogP) is 4.49. The number of nitrogens with zero attached hydrogens (tertiary/aromatic N) is 5. The summed E-state index contributed by atoms with van der Waals surface area (Å²) in [6, 6.07) is 43.4. The summed E-state index contributed by atoms with van der Waals surface area (Å²) in [5.41, 5.74) is 8.09. The fraction of sp³-hybridized carbons (Fsp3) is 0.0652. The number of hydrogen-bond donors (Lipinski definition) is 1. The minimum Gasteiger partial charge on any atom is -0.509 e. The summed E-state index contributed by atoms with van der Waals surface area (Å²) in [5.74, 6) is 0.504. The number of rotatable bonds is 7. The van der Waals surface area contributed by atoms with Gasteiger partial charge in [0.05, 0.1) is 16.6 Å². The Balaban J connectivity index is 1.34. The van der Waals surface area contributed by atoms with Crippen molar-refractivity contribution < 1.29 is 5.11 Å². The Hall–Kier alpha value is -6.53. The molecule has 0 aliphatic heterocycles. The first-order valence-corrected chi connectivity index (χ1v) is 18.4. The highest BCUT2D eigenvalue weighted by Crippen LogP contribution is 2.37. The van der Waals surface area contributed by atoms with Crippen LogP contribution in [0.1, 0.15) is 12.8 Å². The van der Waals surface area contributed by atoms with Gasteiger partial charge in [-0.2, -0.15) is 9.97 Å². The van der Waals surface area contributed by atoms with Crippen molar-refractivity contribution in [2.75, 3.05) is 11.9 Å². The average Bonchev–Trinajstić information content (AvgIpc) is 3.58. The van der Waals surface area contributed by atoms with Gasteiger partial charge in [0.2, 0.25) is 5.95 Å². The second kappa shape index (κ2) is 14.3. The molecule has 0 spiro atoms. The van der Waals surface area contributed by atoms with Gasteiger partial charge >= 0.3 is 0 Å². The van der Waals surface area contributed by atoms with E-state index in [4.69, 9.17) is 46.3 Å². The summed E-state index contributed by atoms with van der Waals surface area (Å²) in [7, 11) is 27.6. The van der Waals surface area contributed by atoms with Gasteiger partial charge in [-0.1, -0.05) is 126 Å². The molecular weight excluding hydrogens is 682 g/mol. The first kappa shape index (κ1) is 35.2. The van der Waals surface area contributed by atoms with Crippen LogP contribution in [0.4, 0.5) is 11.4 Å². The highest BCUT2D eigenvalue weighted by Gasteiger charge is 2.23. The summed E-state index contributed by atoms with van der Waals surface area (Å²) in [5, 5.41) is 14.1. The number of benzene rings is 6. The zero-order valence-corrected chi connectivity index (χ0v) is 30.7. The largest absolute Gasteiger partial charge is 0.509 e. The topological polar surface area (TPSA) is 67.1 Å². The molecule has 6 nitrogen and oxygen atoms in total. The molecule has 6 aromatic carbocycles. The van der Waals surface area contributed by atoms with E-state index < -0.39 is 0 Å². The van der Waals surface area contributed by atoms with E-state index >= 15 is 0 Å². The first-order valence-electron chi connectivity index (χ1n) is 18.4. The van der Waals surface area contributed by atoms with Gasteiger partial charge in [-0.05, 0) is 59.3 Å². The number of para-hydroxylation sites is 1. The van der Waals surface area contributed by atoms with E-state index in [1.807, 2.05) is 66.7 Å². The molecule has 0 bridgehead atoms. The van der Waals surface area contributed by atoms with Gasteiger partial charge in [-0.3, -0.25) is 4.57 Å². The Kier molecular flexibility index (Phi) is 8.97. The van der Waals surface area contributed by atoms with Crippen molar-refractivity contribution in [2.45, 2.75) is 12.8 Å². The lowest BCUT2D eigenvalue weighted by Crippen LogP contribution is -2.44. The standard InChI is InChI=1S/C46H31B4N5O/c1-54(31-17-9-4-10-18-31)36-26-37-34(25-33(36)29-15-7-3-8-16-29)32-19-11-12-20-35(32)55(37)46-52-44(30-23-21-28(22-24-30)27-13-5-2-6-14-27)51-45(53-46)38-39(47)41(49)42(50)43(56)40(38)48/h2-10,13-26,56H,11-12H2,1H3. The Morgan fingerprint density at radius 1 is 0.589 bits per heavy atom. The fourth-order valence-electron chi connectivity index (χ4n) is 7.57. The molecule has 2 aromatic heterocycles. The molecule has 2 heterocycles. The maximum Gasteiger partial charge on any atom is 0.238 e. The number of anilines is 2. The molecule has 1 aliphatic carbocycles. The van der Waals surface area contributed by atoms with Gasteiger partial charge in [0, 0.05) is 40.0 Å². The van der Waals surface area contributed by atoms with Crippen LogP contribution in [-0.2, 0) is 0 Å². The normalized spacial score (nSPS) is 12.2. The van der Waals surface area contributed by atoms with Crippen molar-refractivity contribution in [1.29, 1.82) is 0 Å². The molecule has 10 heteroatoms. The molecule has 0 saturated heterocycles. The van der Waals surface area contributed by atoms with E-state index in [2.05, 4.69) is 89.3 Å². The number of aromatic hydroxyl groups is 1. The van der Waals surface area contributed by atoms with Crippen LogP contribution in [0.5, 0.6) is 5.75 Å². The Bertz CT molecular complexity index is 2890. The molecule has 8 radical (unpaired) electrons. The maximum atomic E-state index is 11.0. The molecule has 258 valence electrons. The molecular formula is C46H31B4N5O. The molecule has 8 aromatic rings. The highest BCUT2D eigenvalue weighted by molar-refractivity contribution is 6.62. The molecule has 56 heavy (non-hydrogen) atoms. The Labute approximate surface area is 330 Å². The molecule has 1 N–H and O–H groups in total. The van der Waals surface area contributed by atoms with Crippen LogP contribution in [0, 0.1) is 0 Å². The van der Waals surface area contributed by atoms with E-state index in [1.165, 1.54) is 0 Å². The van der Waals surface area contributed by atoms with Crippen LogP contribution in [0.15, 0.2) is 127 Å². The molecule has 1 aliphatic rings. The second-order valence-corrected chi connectivity index (χ2v) is 13.9. The molecule has 0 atom stereocenters. The van der Waals surface area contributed by atoms with Crippen LogP contribution < -0.4 is 37.3 Å². The fourth-order valence-corrected chi connectivity index (χ4v) is 7.57. The third-order valence-corrected chi connectivity index (χ3v) is 10.5. The van der Waals surface area contributed by atoms with Crippen molar-refractivity contribution >= 4 is 87.7 Å². The minimum atomic E-state index is -0.379. The van der Waals surface area contributed by atoms with Crippen LogP contribution in [0.3, 0.4) is 0 Å². The minimum absolute atomic E-state index is 0.00353. The van der Waals surface area contributed by atoms with E-state index in [0.29, 0.717) is 11.8 Å². The van der Waals surface area contributed by atoms with Crippen molar-refractivity contribution in [1.82, 2.24) is 19.5 Å². The van der Waals surface area contributed by atoms with Gasteiger partial charge in [0.25, 0.3) is 0 Å². The number of fused-ring (bicyclic) bond motifs is 3. The summed E-state index contributed by atoms with van der Waals surface area (Å²) in [6.45, 7) is 0. The van der Waals surface area contributed by atoms with Crippen LogP contribution in [0.25, 0.3) is 74.0 Å². The Morgan fingerprint density at radius 3 is 1.88 bits per heavy atom. The monoisotopic (exact) mass is 713 g/mol. The lowest BCUT2D eigenvalue weighted by Gasteiger charge is -2.24. The molecule has 0 amide bonds. The summed E-state index contributed by atoms with van der Waals surface area (Å²) < 4.78 is 2.08. The van der Waals surface area contributed by atoms with Gasteiger partial charge in [0.1, 0.15) is 37.1 Å². The average molecular weight is 713 g/mol. The summed E-state index contributed by atoms with van der Waals surface area (Å²) in [4.78, 5) is 17.3. The number of phenolic OH excluding ortho intramolecular Hbond substituents is 1. The number of hydrogen-bond acceptors (Lipinski definition) is 5. The van der Waals surface area contributed by atoms with Crippen LogP contribution >= 0.6 is 0 Å². The second-order valence-electron chi connectivity index (χ2n) is 13.9. The van der Waals surface area contributed by atoms with E-state index in [1.54, 1.807) is 0 Å². The third kappa shape index (κ3) is 6.02. The van der Waals surface area contributed by atoms with Gasteiger partial charge in [0.15, 0.2) is 11.6 Å². The van der Waals surface area contributed by atoms with Crippen LogP contribution in [-0.4, -0.2) is 63.1 Å². The van der Waals surface area contributed by atoms with E-state index in [-0.39, 0.29) is 39.0 Å². The lowest BCUT2D eigenvalue weighted by atomic mass is 9.66. The Morgan fingerprint density at radius 2 is 1.18 bits per heavy atom. The van der Waals surface area contributed by atoms with Crippen molar-refractivity contribution in [3.05, 3.63) is 138 Å². The van der Waals surface area contributed by atoms with Gasteiger partial charge < -0.3 is 10.0 Å². The quantitative estimate of drug-likeness (QED) is 0.247. The first-order chi connectivity index (χ1) is 27.3. The smallest absolute Gasteiger partial charge is 0.238 e. The zero-order chi connectivity index (χ0) is 38.5. The predicted molar refractivity (Wildman–Crippen MR) is 234 cm³/mol. The number of aromatic nitrogens is 4.